The molecule has 0 bridgehead atoms. The van der Waals surface area contributed by atoms with Crippen molar-refractivity contribution in [3.63, 3.8) is 0 Å². The summed E-state index contributed by atoms with van der Waals surface area (Å²) in [6.07, 6.45) is 6.55. The van der Waals surface area contributed by atoms with Crippen LogP contribution in [0.1, 0.15) is 57.4 Å². The molecule has 0 radical (unpaired) electrons. The summed E-state index contributed by atoms with van der Waals surface area (Å²) in [4.78, 5) is 0. The second kappa shape index (κ2) is 4.62. The first-order chi connectivity index (χ1) is 7.77. The van der Waals surface area contributed by atoms with Crippen molar-refractivity contribution in [2.75, 3.05) is 6.54 Å². The highest BCUT2D eigenvalue weighted by atomic mass is 16.3. The molecule has 0 amide bonds. The molecule has 1 aliphatic heterocycles. The molecular formula is C14H23NO. The summed E-state index contributed by atoms with van der Waals surface area (Å²) >= 11 is 0. The van der Waals surface area contributed by atoms with Crippen LogP contribution < -0.4 is 5.32 Å². The van der Waals surface area contributed by atoms with Crippen molar-refractivity contribution >= 4 is 0 Å². The molecule has 0 saturated carbocycles. The first kappa shape index (κ1) is 11.7. The third-order valence-electron chi connectivity index (χ3n) is 4.52. The molecule has 90 valence electrons. The fraction of sp³-hybridized carbons (Fsp3) is 0.714. The minimum Gasteiger partial charge on any atom is -0.469 e. The van der Waals surface area contributed by atoms with Crippen LogP contribution in [0, 0.1) is 5.41 Å². The zero-order valence-corrected chi connectivity index (χ0v) is 10.7. The molecular weight excluding hydrogens is 198 g/mol. The highest BCUT2D eigenvalue weighted by Crippen LogP contribution is 2.45. The lowest BCUT2D eigenvalue weighted by molar-refractivity contribution is 0.155. The molecule has 1 aliphatic rings. The van der Waals surface area contributed by atoms with Gasteiger partial charge in [0.1, 0.15) is 5.76 Å². The monoisotopic (exact) mass is 221 g/mol. The molecule has 0 spiro atoms. The summed E-state index contributed by atoms with van der Waals surface area (Å²) in [5.41, 5.74) is 1.79. The Morgan fingerprint density at radius 1 is 1.31 bits per heavy atom. The summed E-state index contributed by atoms with van der Waals surface area (Å²) in [7, 11) is 0. The number of furan rings is 1. The number of fused-ring (bicyclic) bond motifs is 1. The Morgan fingerprint density at radius 3 is 2.62 bits per heavy atom. The molecule has 2 heteroatoms. The predicted octanol–water partition coefficient (Wildman–Crippen LogP) is 3.68. The van der Waals surface area contributed by atoms with Crippen LogP contribution in [0.5, 0.6) is 0 Å². The SMILES string of the molecule is CCC(CC)(CC)C1NCCc2occc21. The summed E-state index contributed by atoms with van der Waals surface area (Å²) in [5.74, 6) is 1.20. The van der Waals surface area contributed by atoms with E-state index in [0.29, 0.717) is 11.5 Å². The van der Waals surface area contributed by atoms with Crippen molar-refractivity contribution in [2.24, 2.45) is 5.41 Å². The highest BCUT2D eigenvalue weighted by molar-refractivity contribution is 5.26. The van der Waals surface area contributed by atoms with Crippen molar-refractivity contribution in [2.45, 2.75) is 52.5 Å². The second-order valence-corrected chi connectivity index (χ2v) is 4.86. The van der Waals surface area contributed by atoms with Gasteiger partial charge in [-0.2, -0.15) is 0 Å². The fourth-order valence-corrected chi connectivity index (χ4v) is 3.16. The zero-order valence-electron chi connectivity index (χ0n) is 10.7. The highest BCUT2D eigenvalue weighted by Gasteiger charge is 2.38. The van der Waals surface area contributed by atoms with E-state index in [0.717, 1.165) is 13.0 Å². The quantitative estimate of drug-likeness (QED) is 0.839. The van der Waals surface area contributed by atoms with Gasteiger partial charge in [-0.05, 0) is 30.7 Å². The second-order valence-electron chi connectivity index (χ2n) is 4.86. The maximum Gasteiger partial charge on any atom is 0.109 e. The standard InChI is InChI=1S/C14H23NO/c1-4-14(5-2,6-3)13-11-8-10-16-12(11)7-9-15-13/h8,10,13,15H,4-7,9H2,1-3H3. The van der Waals surface area contributed by atoms with Crippen LogP contribution in [0.25, 0.3) is 0 Å². The molecule has 1 aromatic rings. The molecule has 2 nitrogen and oxygen atoms in total. The third kappa shape index (κ3) is 1.69. The predicted molar refractivity (Wildman–Crippen MR) is 66.5 cm³/mol. The first-order valence-electron chi connectivity index (χ1n) is 6.57. The van der Waals surface area contributed by atoms with Crippen molar-refractivity contribution in [1.29, 1.82) is 0 Å². The van der Waals surface area contributed by atoms with Crippen molar-refractivity contribution in [3.8, 4) is 0 Å². The molecule has 1 atom stereocenters. The molecule has 0 fully saturated rings. The van der Waals surface area contributed by atoms with E-state index in [1.807, 2.05) is 6.26 Å². The minimum absolute atomic E-state index is 0.388. The van der Waals surface area contributed by atoms with E-state index in [1.54, 1.807) is 0 Å². The topological polar surface area (TPSA) is 25.2 Å². The Labute approximate surface area is 98.4 Å². The Balaban J connectivity index is 2.35. The number of rotatable bonds is 4. The lowest BCUT2D eigenvalue weighted by atomic mass is 9.70. The average molecular weight is 221 g/mol. The minimum atomic E-state index is 0.388. The van der Waals surface area contributed by atoms with E-state index in [1.165, 1.54) is 30.6 Å². The van der Waals surface area contributed by atoms with E-state index >= 15 is 0 Å². The lowest BCUT2D eigenvalue weighted by Gasteiger charge is -2.41. The normalized spacial score (nSPS) is 20.8. The van der Waals surface area contributed by atoms with Crippen molar-refractivity contribution in [1.82, 2.24) is 5.32 Å². The summed E-state index contributed by atoms with van der Waals surface area (Å²) in [5, 5.41) is 3.70. The number of hydrogen-bond donors (Lipinski definition) is 1. The molecule has 2 rings (SSSR count). The van der Waals surface area contributed by atoms with Crippen LogP contribution in [0.2, 0.25) is 0 Å². The third-order valence-corrected chi connectivity index (χ3v) is 4.52. The number of nitrogens with one attached hydrogen (secondary N) is 1. The molecule has 2 heterocycles. The average Bonchev–Trinajstić information content (AvgIpc) is 2.81. The number of hydrogen-bond acceptors (Lipinski definition) is 2. The van der Waals surface area contributed by atoms with Gasteiger partial charge in [-0.3, -0.25) is 0 Å². The van der Waals surface area contributed by atoms with Gasteiger partial charge < -0.3 is 9.73 Å². The van der Waals surface area contributed by atoms with Gasteiger partial charge in [0.25, 0.3) is 0 Å². The van der Waals surface area contributed by atoms with Gasteiger partial charge in [0.15, 0.2) is 0 Å². The van der Waals surface area contributed by atoms with Crippen LogP contribution >= 0.6 is 0 Å². The van der Waals surface area contributed by atoms with Crippen molar-refractivity contribution < 1.29 is 4.42 Å². The Morgan fingerprint density at radius 2 is 2.00 bits per heavy atom. The summed E-state index contributed by atoms with van der Waals surface area (Å²) in [6, 6.07) is 2.64. The van der Waals surface area contributed by atoms with Gasteiger partial charge in [0.2, 0.25) is 0 Å². The largest absolute Gasteiger partial charge is 0.469 e. The molecule has 1 aromatic heterocycles. The molecule has 0 saturated heterocycles. The first-order valence-corrected chi connectivity index (χ1v) is 6.57. The Kier molecular flexibility index (Phi) is 3.38. The maximum absolute atomic E-state index is 5.57. The smallest absolute Gasteiger partial charge is 0.109 e. The summed E-state index contributed by atoms with van der Waals surface area (Å²) < 4.78 is 5.57. The van der Waals surface area contributed by atoms with E-state index in [9.17, 15) is 0 Å². The molecule has 0 aromatic carbocycles. The van der Waals surface area contributed by atoms with E-state index in [-0.39, 0.29) is 0 Å². The van der Waals surface area contributed by atoms with Crippen LogP contribution in [0.15, 0.2) is 16.7 Å². The van der Waals surface area contributed by atoms with Gasteiger partial charge >= 0.3 is 0 Å². The summed E-state index contributed by atoms with van der Waals surface area (Å²) in [6.45, 7) is 7.97. The van der Waals surface area contributed by atoms with Crippen LogP contribution in [0.3, 0.4) is 0 Å². The van der Waals surface area contributed by atoms with Gasteiger partial charge in [-0.1, -0.05) is 20.8 Å². The van der Waals surface area contributed by atoms with Gasteiger partial charge in [-0.25, -0.2) is 0 Å². The zero-order chi connectivity index (χ0) is 11.6. The maximum atomic E-state index is 5.57. The lowest BCUT2D eigenvalue weighted by Crippen LogP contribution is -2.41. The Bertz CT molecular complexity index is 330. The van der Waals surface area contributed by atoms with E-state index in [2.05, 4.69) is 32.2 Å². The molecule has 0 aliphatic carbocycles. The van der Waals surface area contributed by atoms with Crippen molar-refractivity contribution in [3.05, 3.63) is 23.7 Å². The van der Waals surface area contributed by atoms with Crippen LogP contribution in [0.4, 0.5) is 0 Å². The van der Waals surface area contributed by atoms with E-state index < -0.39 is 0 Å². The van der Waals surface area contributed by atoms with Gasteiger partial charge in [0.05, 0.1) is 6.26 Å². The van der Waals surface area contributed by atoms with Gasteiger partial charge in [0, 0.05) is 24.6 Å². The molecule has 1 unspecified atom stereocenters. The van der Waals surface area contributed by atoms with Crippen LogP contribution in [-0.2, 0) is 6.42 Å². The van der Waals surface area contributed by atoms with E-state index in [4.69, 9.17) is 4.42 Å². The fourth-order valence-electron chi connectivity index (χ4n) is 3.16. The molecule has 16 heavy (non-hydrogen) atoms. The Hall–Kier alpha value is -0.760. The van der Waals surface area contributed by atoms with Gasteiger partial charge in [-0.15, -0.1) is 0 Å². The van der Waals surface area contributed by atoms with Crippen LogP contribution in [-0.4, -0.2) is 6.54 Å². The molecule has 1 N–H and O–H groups in total.